The van der Waals surface area contributed by atoms with E-state index in [9.17, 15) is 9.59 Å². The van der Waals surface area contributed by atoms with Crippen LogP contribution in [0, 0.1) is 0 Å². The molecule has 5 nitrogen and oxygen atoms in total. The lowest BCUT2D eigenvalue weighted by atomic mass is 10.1. The molecule has 17 heavy (non-hydrogen) atoms. The second-order valence-electron chi connectivity index (χ2n) is 3.94. The van der Waals surface area contributed by atoms with Gasteiger partial charge in [-0.1, -0.05) is 30.3 Å². The Balaban J connectivity index is 2.51. The highest BCUT2D eigenvalue weighted by atomic mass is 16.2. The summed E-state index contributed by atoms with van der Waals surface area (Å²) in [5.41, 5.74) is 12.0. The number of rotatable bonds is 4. The first kappa shape index (κ1) is 13.3. The average Bonchev–Trinajstić information content (AvgIpc) is 2.29. The fourth-order valence-corrected chi connectivity index (χ4v) is 1.29. The largest absolute Gasteiger partial charge is 0.320 e. The molecule has 0 aliphatic rings. The highest BCUT2D eigenvalue weighted by molar-refractivity contribution is 5.99. The molecule has 0 radical (unpaired) electrons. The zero-order valence-corrected chi connectivity index (χ0v) is 9.72. The number of nitrogens with one attached hydrogen (secondary N) is 1. The van der Waals surface area contributed by atoms with E-state index in [0.717, 1.165) is 5.56 Å². The minimum absolute atomic E-state index is 0.388. The second kappa shape index (κ2) is 6.12. The molecule has 0 unspecified atom stereocenters. The Morgan fingerprint density at radius 1 is 1.18 bits per heavy atom. The summed E-state index contributed by atoms with van der Waals surface area (Å²) in [6.07, 6.45) is 0.388. The van der Waals surface area contributed by atoms with Crippen LogP contribution in [0.4, 0.5) is 0 Å². The van der Waals surface area contributed by atoms with E-state index in [0.29, 0.717) is 6.42 Å². The third kappa shape index (κ3) is 4.34. The minimum atomic E-state index is -0.750. The Labute approximate surface area is 100 Å². The first-order valence-electron chi connectivity index (χ1n) is 5.40. The summed E-state index contributed by atoms with van der Waals surface area (Å²) in [6, 6.07) is 7.90. The van der Waals surface area contributed by atoms with Crippen LogP contribution >= 0.6 is 0 Å². The van der Waals surface area contributed by atoms with Gasteiger partial charge >= 0.3 is 0 Å². The molecular weight excluding hydrogens is 218 g/mol. The van der Waals surface area contributed by atoms with Crippen molar-refractivity contribution in [3.8, 4) is 0 Å². The monoisotopic (exact) mass is 235 g/mol. The molecule has 0 aliphatic carbocycles. The van der Waals surface area contributed by atoms with E-state index in [1.807, 2.05) is 30.3 Å². The predicted molar refractivity (Wildman–Crippen MR) is 64.9 cm³/mol. The second-order valence-corrected chi connectivity index (χ2v) is 3.94. The van der Waals surface area contributed by atoms with E-state index in [1.54, 1.807) is 0 Å². The number of hydrogen-bond donors (Lipinski definition) is 3. The van der Waals surface area contributed by atoms with Crippen LogP contribution in [0.25, 0.3) is 0 Å². The Kier molecular flexibility index (Phi) is 4.81. The smallest absolute Gasteiger partial charge is 0.243 e. The zero-order valence-electron chi connectivity index (χ0n) is 9.72. The molecule has 0 saturated carbocycles. The lowest BCUT2D eigenvalue weighted by molar-refractivity contribution is -0.131. The van der Waals surface area contributed by atoms with Crippen LogP contribution in [-0.4, -0.2) is 23.9 Å². The molecule has 0 bridgehead atoms. The zero-order chi connectivity index (χ0) is 12.8. The van der Waals surface area contributed by atoms with E-state index < -0.39 is 23.9 Å². The van der Waals surface area contributed by atoms with Crippen LogP contribution in [0.3, 0.4) is 0 Å². The molecule has 0 heterocycles. The van der Waals surface area contributed by atoms with E-state index in [4.69, 9.17) is 11.5 Å². The predicted octanol–water partition coefficient (Wildman–Crippen LogP) is -0.454. The Hall–Kier alpha value is -1.72. The first-order valence-corrected chi connectivity index (χ1v) is 5.40. The maximum Gasteiger partial charge on any atom is 0.243 e. The summed E-state index contributed by atoms with van der Waals surface area (Å²) in [7, 11) is 0. The number of hydrogen-bond acceptors (Lipinski definition) is 4. The first-order chi connectivity index (χ1) is 8.00. The Morgan fingerprint density at radius 3 is 2.29 bits per heavy atom. The van der Waals surface area contributed by atoms with Gasteiger partial charge < -0.3 is 11.5 Å². The molecule has 0 saturated heterocycles. The van der Waals surface area contributed by atoms with Crippen molar-refractivity contribution in [3.05, 3.63) is 35.9 Å². The van der Waals surface area contributed by atoms with Gasteiger partial charge in [-0.15, -0.1) is 0 Å². The Morgan fingerprint density at radius 2 is 1.76 bits per heavy atom. The molecular formula is C12H17N3O2. The fraction of sp³-hybridized carbons (Fsp3) is 0.333. The van der Waals surface area contributed by atoms with E-state index in [2.05, 4.69) is 5.32 Å². The summed E-state index contributed by atoms with van der Waals surface area (Å²) in [5, 5.41) is 2.17. The number of carbonyl (C=O) groups excluding carboxylic acids is 2. The van der Waals surface area contributed by atoms with E-state index in [-0.39, 0.29) is 0 Å². The molecule has 0 fully saturated rings. The van der Waals surface area contributed by atoms with Gasteiger partial charge in [-0.2, -0.15) is 0 Å². The fourth-order valence-electron chi connectivity index (χ4n) is 1.29. The number of nitrogens with two attached hydrogens (primary N) is 2. The number of imide groups is 1. The van der Waals surface area contributed by atoms with Gasteiger partial charge in [-0.25, -0.2) is 0 Å². The van der Waals surface area contributed by atoms with Crippen LogP contribution < -0.4 is 16.8 Å². The molecule has 5 N–H and O–H groups in total. The number of amides is 2. The maximum atomic E-state index is 11.5. The van der Waals surface area contributed by atoms with Gasteiger partial charge in [-0.05, 0) is 18.9 Å². The molecule has 2 atom stereocenters. The van der Waals surface area contributed by atoms with Crippen LogP contribution in [0.5, 0.6) is 0 Å². The SMILES string of the molecule is C[C@H](N)C(=O)NC(=O)[C@@H](N)Cc1ccccc1. The molecule has 1 aromatic rings. The summed E-state index contributed by atoms with van der Waals surface area (Å²) < 4.78 is 0. The van der Waals surface area contributed by atoms with Gasteiger partial charge in [0, 0.05) is 0 Å². The van der Waals surface area contributed by atoms with Gasteiger partial charge in [-0.3, -0.25) is 14.9 Å². The third-order valence-electron chi connectivity index (χ3n) is 2.30. The van der Waals surface area contributed by atoms with Crippen molar-refractivity contribution < 1.29 is 9.59 Å². The van der Waals surface area contributed by atoms with Crippen molar-refractivity contribution in [3.63, 3.8) is 0 Å². The van der Waals surface area contributed by atoms with Crippen molar-refractivity contribution in [2.24, 2.45) is 11.5 Å². The number of carbonyl (C=O) groups is 2. The van der Waals surface area contributed by atoms with Crippen molar-refractivity contribution in [1.29, 1.82) is 0 Å². The summed E-state index contributed by atoms with van der Waals surface area (Å²) in [4.78, 5) is 22.7. The third-order valence-corrected chi connectivity index (χ3v) is 2.30. The molecule has 5 heteroatoms. The van der Waals surface area contributed by atoms with Crippen LogP contribution in [0.2, 0.25) is 0 Å². The summed E-state index contributed by atoms with van der Waals surface area (Å²) >= 11 is 0. The Bertz CT molecular complexity index is 390. The van der Waals surface area contributed by atoms with Gasteiger partial charge in [0.15, 0.2) is 0 Å². The molecule has 0 aliphatic heterocycles. The number of benzene rings is 1. The normalized spacial score (nSPS) is 13.8. The quantitative estimate of drug-likeness (QED) is 0.658. The van der Waals surface area contributed by atoms with Gasteiger partial charge in [0.25, 0.3) is 0 Å². The molecule has 0 spiro atoms. The van der Waals surface area contributed by atoms with Crippen LogP contribution in [0.1, 0.15) is 12.5 Å². The lowest BCUT2D eigenvalue weighted by Crippen LogP contribution is -2.49. The van der Waals surface area contributed by atoms with Crippen molar-refractivity contribution in [2.45, 2.75) is 25.4 Å². The molecule has 92 valence electrons. The average molecular weight is 235 g/mol. The minimum Gasteiger partial charge on any atom is -0.320 e. The highest BCUT2D eigenvalue weighted by Gasteiger charge is 2.18. The van der Waals surface area contributed by atoms with Crippen molar-refractivity contribution in [2.75, 3.05) is 0 Å². The highest BCUT2D eigenvalue weighted by Crippen LogP contribution is 2.01. The van der Waals surface area contributed by atoms with Gasteiger partial charge in [0.1, 0.15) is 0 Å². The van der Waals surface area contributed by atoms with Crippen LogP contribution in [-0.2, 0) is 16.0 Å². The molecule has 0 aromatic heterocycles. The van der Waals surface area contributed by atoms with Crippen molar-refractivity contribution in [1.82, 2.24) is 5.32 Å². The maximum absolute atomic E-state index is 11.5. The summed E-state index contributed by atoms with van der Waals surface area (Å²) in [6.45, 7) is 1.51. The van der Waals surface area contributed by atoms with Crippen LogP contribution in [0.15, 0.2) is 30.3 Å². The van der Waals surface area contributed by atoms with E-state index >= 15 is 0 Å². The summed E-state index contributed by atoms with van der Waals surface area (Å²) in [5.74, 6) is -1.02. The van der Waals surface area contributed by atoms with E-state index in [1.165, 1.54) is 6.92 Å². The standard InChI is InChI=1S/C12H17N3O2/c1-8(13)11(16)15-12(17)10(14)7-9-5-3-2-4-6-9/h2-6,8,10H,7,13-14H2,1H3,(H,15,16,17)/t8-,10-/m0/s1. The lowest BCUT2D eigenvalue weighted by Gasteiger charge is -2.12. The molecule has 1 aromatic carbocycles. The van der Waals surface area contributed by atoms with Gasteiger partial charge in [0.2, 0.25) is 11.8 Å². The molecule has 1 rings (SSSR count). The van der Waals surface area contributed by atoms with Gasteiger partial charge in [0.05, 0.1) is 12.1 Å². The van der Waals surface area contributed by atoms with Crippen molar-refractivity contribution >= 4 is 11.8 Å². The topological polar surface area (TPSA) is 98.2 Å². The molecule has 2 amide bonds.